The molecule has 0 saturated carbocycles. The number of aromatic nitrogens is 3. The fourth-order valence-electron chi connectivity index (χ4n) is 3.02. The lowest BCUT2D eigenvalue weighted by molar-refractivity contribution is 0.572. The van der Waals surface area contributed by atoms with Gasteiger partial charge in [-0.15, -0.1) is 11.3 Å². The van der Waals surface area contributed by atoms with Crippen molar-refractivity contribution in [1.29, 1.82) is 0 Å². The molecule has 4 aromatic rings. The van der Waals surface area contributed by atoms with Crippen molar-refractivity contribution in [3.63, 3.8) is 0 Å². The molecule has 10 heteroatoms. The Morgan fingerprint density at radius 3 is 2.58 bits per heavy atom. The van der Waals surface area contributed by atoms with E-state index in [1.54, 1.807) is 30.5 Å². The highest BCUT2D eigenvalue weighted by molar-refractivity contribution is 7.86. The summed E-state index contributed by atoms with van der Waals surface area (Å²) < 4.78 is 42.9. The Bertz CT molecular complexity index is 1350. The Balaban J connectivity index is 1.74. The standard InChI is InChI=1S/C23H21F2N5OS2/c1-23(2,3)21-29-19(20(32-21)17-9-10-27-22(26)28-17)13-5-4-6-15(11-13)30-33(31)18-12-14(24)7-8-16(18)25/h4-12,30H,1-3H3,(H2,26,27,28). The van der Waals surface area contributed by atoms with Crippen molar-refractivity contribution in [2.24, 2.45) is 0 Å². The molecule has 1 atom stereocenters. The number of anilines is 2. The van der Waals surface area contributed by atoms with Crippen LogP contribution in [0.4, 0.5) is 20.4 Å². The minimum atomic E-state index is -1.99. The fraction of sp³-hybridized carbons (Fsp3) is 0.174. The Morgan fingerprint density at radius 2 is 1.85 bits per heavy atom. The molecule has 0 radical (unpaired) electrons. The molecule has 33 heavy (non-hydrogen) atoms. The molecule has 0 bridgehead atoms. The lowest BCUT2D eigenvalue weighted by atomic mass is 9.98. The third-order valence-corrected chi connectivity index (χ3v) is 7.25. The smallest absolute Gasteiger partial charge is 0.220 e. The zero-order valence-electron chi connectivity index (χ0n) is 18.1. The average molecular weight is 486 g/mol. The quantitative estimate of drug-likeness (QED) is 0.386. The fourth-order valence-corrected chi connectivity index (χ4v) is 5.05. The summed E-state index contributed by atoms with van der Waals surface area (Å²) in [4.78, 5) is 13.7. The van der Waals surface area contributed by atoms with Crippen LogP contribution in [0.25, 0.3) is 21.8 Å². The molecule has 0 fully saturated rings. The van der Waals surface area contributed by atoms with Gasteiger partial charge in [0.1, 0.15) is 11.6 Å². The van der Waals surface area contributed by atoms with Crippen LogP contribution in [-0.2, 0) is 16.4 Å². The van der Waals surface area contributed by atoms with Crippen LogP contribution >= 0.6 is 11.3 Å². The third kappa shape index (κ3) is 5.07. The van der Waals surface area contributed by atoms with Crippen LogP contribution in [-0.4, -0.2) is 19.2 Å². The third-order valence-electron chi connectivity index (χ3n) is 4.62. The van der Waals surface area contributed by atoms with Gasteiger partial charge >= 0.3 is 0 Å². The molecule has 0 saturated heterocycles. The summed E-state index contributed by atoms with van der Waals surface area (Å²) in [6.07, 6.45) is 1.59. The zero-order chi connectivity index (χ0) is 23.8. The predicted molar refractivity (Wildman–Crippen MR) is 128 cm³/mol. The second-order valence-electron chi connectivity index (χ2n) is 8.27. The molecule has 0 aliphatic heterocycles. The van der Waals surface area contributed by atoms with Crippen LogP contribution in [0.1, 0.15) is 25.8 Å². The van der Waals surface area contributed by atoms with Crippen molar-refractivity contribution >= 4 is 34.0 Å². The maximum Gasteiger partial charge on any atom is 0.220 e. The van der Waals surface area contributed by atoms with Gasteiger partial charge in [-0.05, 0) is 36.4 Å². The van der Waals surface area contributed by atoms with Crippen molar-refractivity contribution in [3.8, 4) is 21.8 Å². The molecule has 4 rings (SSSR count). The highest BCUT2D eigenvalue weighted by Crippen LogP contribution is 2.40. The van der Waals surface area contributed by atoms with Gasteiger partial charge in [0.15, 0.2) is 11.0 Å². The van der Waals surface area contributed by atoms with E-state index < -0.39 is 22.6 Å². The second-order valence-corrected chi connectivity index (χ2v) is 10.5. The average Bonchev–Trinajstić information content (AvgIpc) is 3.22. The first-order chi connectivity index (χ1) is 15.6. The molecule has 2 aromatic carbocycles. The van der Waals surface area contributed by atoms with Crippen LogP contribution in [0.3, 0.4) is 0 Å². The summed E-state index contributed by atoms with van der Waals surface area (Å²) in [5.41, 5.74) is 8.15. The van der Waals surface area contributed by atoms with E-state index in [1.165, 1.54) is 11.3 Å². The van der Waals surface area contributed by atoms with Crippen molar-refractivity contribution < 1.29 is 13.0 Å². The van der Waals surface area contributed by atoms with Crippen LogP contribution < -0.4 is 10.5 Å². The summed E-state index contributed by atoms with van der Waals surface area (Å²) in [5.74, 6) is -1.26. The summed E-state index contributed by atoms with van der Waals surface area (Å²) in [5, 5.41) is 0.911. The van der Waals surface area contributed by atoms with Crippen molar-refractivity contribution in [1.82, 2.24) is 15.0 Å². The largest absolute Gasteiger partial charge is 0.368 e. The molecule has 2 aromatic heterocycles. The van der Waals surface area contributed by atoms with E-state index in [0.29, 0.717) is 17.1 Å². The SMILES string of the molecule is CC(C)(C)c1nc(-c2cccc(NS(=O)c3cc(F)ccc3F)c2)c(-c2ccnc(N)n2)s1. The molecule has 0 aliphatic carbocycles. The van der Waals surface area contributed by atoms with Gasteiger partial charge in [-0.3, -0.25) is 0 Å². The number of nitrogens with two attached hydrogens (primary N) is 1. The van der Waals surface area contributed by atoms with Gasteiger partial charge in [-0.1, -0.05) is 32.9 Å². The number of halogens is 2. The highest BCUT2D eigenvalue weighted by atomic mass is 32.2. The van der Waals surface area contributed by atoms with Crippen LogP contribution in [0, 0.1) is 11.6 Å². The highest BCUT2D eigenvalue weighted by Gasteiger charge is 2.24. The van der Waals surface area contributed by atoms with Gasteiger partial charge < -0.3 is 10.5 Å². The van der Waals surface area contributed by atoms with Crippen LogP contribution in [0.2, 0.25) is 0 Å². The first-order valence-corrected chi connectivity index (χ1v) is 11.9. The Hall–Kier alpha value is -3.24. The van der Waals surface area contributed by atoms with Crippen molar-refractivity contribution in [2.45, 2.75) is 31.1 Å². The van der Waals surface area contributed by atoms with E-state index in [9.17, 15) is 13.0 Å². The van der Waals surface area contributed by atoms with Gasteiger partial charge in [0.2, 0.25) is 5.95 Å². The van der Waals surface area contributed by atoms with Crippen molar-refractivity contribution in [2.75, 3.05) is 10.5 Å². The molecule has 1 unspecified atom stereocenters. The number of thiazole rings is 1. The number of nitrogens with zero attached hydrogens (tertiary/aromatic N) is 3. The normalized spacial score (nSPS) is 12.5. The van der Waals surface area contributed by atoms with E-state index >= 15 is 0 Å². The first kappa shape index (κ1) is 22.9. The van der Waals surface area contributed by atoms with Crippen LogP contribution in [0.15, 0.2) is 59.6 Å². The van der Waals surface area contributed by atoms with Gasteiger partial charge in [0, 0.05) is 22.9 Å². The number of benzene rings is 2. The molecule has 0 aliphatic rings. The topological polar surface area (TPSA) is 93.8 Å². The maximum absolute atomic E-state index is 14.0. The lowest BCUT2D eigenvalue weighted by Crippen LogP contribution is -2.10. The summed E-state index contributed by atoms with van der Waals surface area (Å²) in [7, 11) is -1.99. The summed E-state index contributed by atoms with van der Waals surface area (Å²) in [6.45, 7) is 6.22. The number of nitrogens with one attached hydrogen (secondary N) is 1. The van der Waals surface area contributed by atoms with Crippen LogP contribution in [0.5, 0.6) is 0 Å². The van der Waals surface area contributed by atoms with Gasteiger partial charge in [-0.2, -0.15) is 0 Å². The molecule has 0 amide bonds. The van der Waals surface area contributed by atoms with Gasteiger partial charge in [0.05, 0.1) is 26.2 Å². The molecular formula is C23H21F2N5OS2. The number of rotatable bonds is 5. The minimum Gasteiger partial charge on any atom is -0.368 e. The van der Waals surface area contributed by atoms with E-state index in [-0.39, 0.29) is 16.3 Å². The molecule has 3 N–H and O–H groups in total. The Kier molecular flexibility index (Phi) is 6.22. The second kappa shape index (κ2) is 8.95. The molecular weight excluding hydrogens is 464 g/mol. The molecule has 2 heterocycles. The number of hydrogen-bond donors (Lipinski definition) is 2. The summed E-state index contributed by atoms with van der Waals surface area (Å²) >= 11 is 1.51. The van der Waals surface area contributed by atoms with Gasteiger partial charge in [-0.25, -0.2) is 27.9 Å². The van der Waals surface area contributed by atoms with Crippen molar-refractivity contribution in [3.05, 3.63) is 71.4 Å². The Labute approximate surface area is 196 Å². The number of nitrogen functional groups attached to an aromatic ring is 1. The zero-order valence-corrected chi connectivity index (χ0v) is 19.7. The van der Waals surface area contributed by atoms with Gasteiger partial charge in [0.25, 0.3) is 0 Å². The number of hydrogen-bond acceptors (Lipinski definition) is 6. The maximum atomic E-state index is 14.0. The van der Waals surface area contributed by atoms with E-state index in [4.69, 9.17) is 10.7 Å². The van der Waals surface area contributed by atoms with E-state index in [0.717, 1.165) is 33.6 Å². The first-order valence-electron chi connectivity index (χ1n) is 9.96. The Morgan fingerprint density at radius 1 is 1.06 bits per heavy atom. The molecule has 0 spiro atoms. The van der Waals surface area contributed by atoms with E-state index in [2.05, 4.69) is 35.5 Å². The van der Waals surface area contributed by atoms with E-state index in [1.807, 2.05) is 6.07 Å². The minimum absolute atomic E-state index is 0.159. The lowest BCUT2D eigenvalue weighted by Gasteiger charge is -2.13. The molecule has 170 valence electrons. The molecule has 6 nitrogen and oxygen atoms in total. The monoisotopic (exact) mass is 485 g/mol. The predicted octanol–water partition coefficient (Wildman–Crippen LogP) is 5.56. The summed E-state index contributed by atoms with van der Waals surface area (Å²) in [6, 6.07) is 11.7.